The average molecular weight is 214 g/mol. The highest BCUT2D eigenvalue weighted by Crippen LogP contribution is 2.09. The highest BCUT2D eigenvalue weighted by atomic mass is 16.3. The number of aliphatic hydroxyl groups excluding tert-OH is 1. The Balaban J connectivity index is 2.04. The van der Waals surface area contributed by atoms with Crippen molar-refractivity contribution in [1.29, 1.82) is 0 Å². The van der Waals surface area contributed by atoms with Gasteiger partial charge in [-0.1, -0.05) is 6.92 Å². The molecule has 0 radical (unpaired) electrons. The smallest absolute Gasteiger partial charge is 0.0610 e. The van der Waals surface area contributed by atoms with E-state index in [9.17, 15) is 5.11 Å². The van der Waals surface area contributed by atoms with E-state index < -0.39 is 0 Å². The van der Waals surface area contributed by atoms with Gasteiger partial charge in [-0.3, -0.25) is 0 Å². The first-order valence-electron chi connectivity index (χ1n) is 6.28. The highest BCUT2D eigenvalue weighted by molar-refractivity contribution is 4.80. The van der Waals surface area contributed by atoms with Crippen LogP contribution in [0.25, 0.3) is 0 Å². The number of hydrogen-bond acceptors (Lipinski definition) is 3. The lowest BCUT2D eigenvalue weighted by Crippen LogP contribution is -2.46. The van der Waals surface area contributed by atoms with Crippen molar-refractivity contribution in [2.75, 3.05) is 32.8 Å². The quantitative estimate of drug-likeness (QED) is 0.626. The average Bonchev–Trinajstić information content (AvgIpc) is 2.77. The van der Waals surface area contributed by atoms with Crippen LogP contribution in [0.5, 0.6) is 0 Å². The first-order valence-corrected chi connectivity index (χ1v) is 6.28. The summed E-state index contributed by atoms with van der Waals surface area (Å²) in [7, 11) is 0. The van der Waals surface area contributed by atoms with Gasteiger partial charge in [-0.15, -0.1) is 0 Å². The fourth-order valence-corrected chi connectivity index (χ4v) is 1.99. The second-order valence-corrected chi connectivity index (χ2v) is 4.90. The van der Waals surface area contributed by atoms with Crippen molar-refractivity contribution < 1.29 is 5.11 Å². The largest absolute Gasteiger partial charge is 0.394 e. The molecular weight excluding hydrogens is 188 g/mol. The van der Waals surface area contributed by atoms with E-state index in [1.54, 1.807) is 0 Å². The molecule has 1 aliphatic heterocycles. The number of likely N-dealkylation sites (tertiary alicyclic amines) is 1. The van der Waals surface area contributed by atoms with Crippen LogP contribution in [0.15, 0.2) is 0 Å². The molecule has 1 aliphatic rings. The standard InChI is InChI=1S/C12H26N2O/c1-3-12(2,11-15)13-7-6-10-14-8-4-5-9-14/h13,15H,3-11H2,1-2H3. The maximum absolute atomic E-state index is 9.22. The van der Waals surface area contributed by atoms with Crippen molar-refractivity contribution in [2.45, 2.75) is 45.1 Å². The molecule has 0 aromatic rings. The van der Waals surface area contributed by atoms with E-state index in [4.69, 9.17) is 0 Å². The third-order valence-electron chi connectivity index (χ3n) is 3.53. The molecule has 1 rings (SSSR count). The molecular formula is C12H26N2O. The monoisotopic (exact) mass is 214 g/mol. The minimum atomic E-state index is -0.0784. The number of nitrogens with one attached hydrogen (secondary N) is 1. The van der Waals surface area contributed by atoms with Crippen LogP contribution < -0.4 is 5.32 Å². The Hall–Kier alpha value is -0.120. The van der Waals surface area contributed by atoms with Crippen LogP contribution in [0, 0.1) is 0 Å². The molecule has 0 bridgehead atoms. The molecule has 90 valence electrons. The molecule has 0 aromatic carbocycles. The Labute approximate surface area is 93.9 Å². The number of hydrogen-bond donors (Lipinski definition) is 2. The maximum Gasteiger partial charge on any atom is 0.0610 e. The molecule has 1 saturated heterocycles. The minimum absolute atomic E-state index is 0.0784. The molecule has 3 heteroatoms. The van der Waals surface area contributed by atoms with Gasteiger partial charge in [0.05, 0.1) is 6.61 Å². The SMILES string of the molecule is CCC(C)(CO)NCCCN1CCCC1. The van der Waals surface area contributed by atoms with Gasteiger partial charge in [-0.25, -0.2) is 0 Å². The molecule has 0 amide bonds. The summed E-state index contributed by atoms with van der Waals surface area (Å²) >= 11 is 0. The third kappa shape index (κ3) is 4.49. The Morgan fingerprint density at radius 3 is 2.53 bits per heavy atom. The number of nitrogens with zero attached hydrogens (tertiary/aromatic N) is 1. The molecule has 0 spiro atoms. The van der Waals surface area contributed by atoms with E-state index in [0.717, 1.165) is 13.0 Å². The topological polar surface area (TPSA) is 35.5 Å². The van der Waals surface area contributed by atoms with Gasteiger partial charge >= 0.3 is 0 Å². The Morgan fingerprint density at radius 1 is 1.33 bits per heavy atom. The lowest BCUT2D eigenvalue weighted by molar-refractivity contribution is 0.168. The summed E-state index contributed by atoms with van der Waals surface area (Å²) < 4.78 is 0. The van der Waals surface area contributed by atoms with Crippen molar-refractivity contribution >= 4 is 0 Å². The Morgan fingerprint density at radius 2 is 2.00 bits per heavy atom. The molecule has 3 nitrogen and oxygen atoms in total. The van der Waals surface area contributed by atoms with E-state index in [1.807, 2.05) is 0 Å². The molecule has 15 heavy (non-hydrogen) atoms. The number of aliphatic hydroxyl groups is 1. The van der Waals surface area contributed by atoms with Crippen LogP contribution in [0.3, 0.4) is 0 Å². The first kappa shape index (κ1) is 12.9. The van der Waals surface area contributed by atoms with Crippen LogP contribution in [0.4, 0.5) is 0 Å². The van der Waals surface area contributed by atoms with Crippen molar-refractivity contribution in [3.8, 4) is 0 Å². The van der Waals surface area contributed by atoms with Gasteiger partial charge in [-0.05, 0) is 58.8 Å². The van der Waals surface area contributed by atoms with Gasteiger partial charge < -0.3 is 15.3 Å². The van der Waals surface area contributed by atoms with Crippen LogP contribution >= 0.6 is 0 Å². The summed E-state index contributed by atoms with van der Waals surface area (Å²) in [5.74, 6) is 0. The van der Waals surface area contributed by atoms with Crippen LogP contribution in [0.2, 0.25) is 0 Å². The summed E-state index contributed by atoms with van der Waals surface area (Å²) in [5, 5.41) is 12.7. The van der Waals surface area contributed by atoms with Crippen LogP contribution in [0.1, 0.15) is 39.5 Å². The van der Waals surface area contributed by atoms with Gasteiger partial charge in [0.15, 0.2) is 0 Å². The second-order valence-electron chi connectivity index (χ2n) is 4.90. The summed E-state index contributed by atoms with van der Waals surface area (Å²) in [5.41, 5.74) is -0.0784. The predicted octanol–water partition coefficient (Wildman–Crippen LogP) is 1.22. The van der Waals surface area contributed by atoms with Crippen molar-refractivity contribution in [3.63, 3.8) is 0 Å². The van der Waals surface area contributed by atoms with Gasteiger partial charge in [0.2, 0.25) is 0 Å². The summed E-state index contributed by atoms with van der Waals surface area (Å²) in [4.78, 5) is 2.53. The van der Waals surface area contributed by atoms with Crippen molar-refractivity contribution in [3.05, 3.63) is 0 Å². The second kappa shape index (κ2) is 6.46. The van der Waals surface area contributed by atoms with Gasteiger partial charge in [-0.2, -0.15) is 0 Å². The molecule has 0 aliphatic carbocycles. The lowest BCUT2D eigenvalue weighted by atomic mass is 10.0. The fraction of sp³-hybridized carbons (Fsp3) is 1.00. The predicted molar refractivity (Wildman–Crippen MR) is 64.1 cm³/mol. The molecule has 1 heterocycles. The third-order valence-corrected chi connectivity index (χ3v) is 3.53. The van der Waals surface area contributed by atoms with E-state index in [-0.39, 0.29) is 12.1 Å². The van der Waals surface area contributed by atoms with Gasteiger partial charge in [0.25, 0.3) is 0 Å². The lowest BCUT2D eigenvalue weighted by Gasteiger charge is -2.27. The molecule has 1 unspecified atom stereocenters. The minimum Gasteiger partial charge on any atom is -0.394 e. The fourth-order valence-electron chi connectivity index (χ4n) is 1.99. The highest BCUT2D eigenvalue weighted by Gasteiger charge is 2.19. The van der Waals surface area contributed by atoms with Gasteiger partial charge in [0, 0.05) is 5.54 Å². The molecule has 1 fully saturated rings. The van der Waals surface area contributed by atoms with E-state index in [1.165, 1.54) is 38.9 Å². The summed E-state index contributed by atoms with van der Waals surface area (Å²) in [6.07, 6.45) is 4.91. The zero-order valence-corrected chi connectivity index (χ0v) is 10.3. The maximum atomic E-state index is 9.22. The normalized spacial score (nSPS) is 21.8. The molecule has 2 N–H and O–H groups in total. The Bertz CT molecular complexity index is 163. The molecule has 0 aromatic heterocycles. The van der Waals surface area contributed by atoms with Crippen LogP contribution in [-0.4, -0.2) is 48.3 Å². The number of rotatable bonds is 7. The summed E-state index contributed by atoms with van der Waals surface area (Å²) in [6.45, 7) is 9.22. The van der Waals surface area contributed by atoms with Crippen molar-refractivity contribution in [2.24, 2.45) is 0 Å². The first-order chi connectivity index (χ1) is 7.20. The Kier molecular flexibility index (Phi) is 5.58. The van der Waals surface area contributed by atoms with E-state index >= 15 is 0 Å². The van der Waals surface area contributed by atoms with E-state index in [2.05, 4.69) is 24.1 Å². The summed E-state index contributed by atoms with van der Waals surface area (Å²) in [6, 6.07) is 0. The van der Waals surface area contributed by atoms with Gasteiger partial charge in [0.1, 0.15) is 0 Å². The van der Waals surface area contributed by atoms with Crippen LogP contribution in [-0.2, 0) is 0 Å². The van der Waals surface area contributed by atoms with E-state index in [0.29, 0.717) is 0 Å². The zero-order valence-electron chi connectivity index (χ0n) is 10.3. The molecule has 1 atom stereocenters. The molecule has 0 saturated carbocycles. The van der Waals surface area contributed by atoms with Crippen molar-refractivity contribution in [1.82, 2.24) is 10.2 Å². The zero-order chi connectivity index (χ0) is 11.1.